The molecular formula is C6H9NaO5S. The molecule has 7 heteroatoms. The van der Waals surface area contributed by atoms with E-state index in [1.165, 1.54) is 0 Å². The van der Waals surface area contributed by atoms with Gasteiger partial charge in [0.1, 0.15) is 10.1 Å². The number of hydrogen-bond donors (Lipinski definition) is 0. The number of rotatable bonds is 3. The second-order valence-electron chi connectivity index (χ2n) is 2.54. The molecule has 0 N–H and O–H groups in total. The fourth-order valence-corrected chi connectivity index (χ4v) is 0.572. The van der Waals surface area contributed by atoms with Gasteiger partial charge in [0.15, 0.2) is 4.75 Å². The molecular weight excluding hydrogens is 207 g/mol. The molecule has 0 aromatic heterocycles. The van der Waals surface area contributed by atoms with Crippen molar-refractivity contribution in [3.8, 4) is 0 Å². The molecule has 0 fully saturated rings. The Morgan fingerprint density at radius 3 is 2.15 bits per heavy atom. The van der Waals surface area contributed by atoms with Gasteiger partial charge in [-0.1, -0.05) is 6.58 Å². The minimum Gasteiger partial charge on any atom is -0.747 e. The Kier molecular flexibility index (Phi) is 6.13. The predicted octanol–water partition coefficient (Wildman–Crippen LogP) is -3.00. The molecule has 0 aliphatic heterocycles. The van der Waals surface area contributed by atoms with Crippen LogP contribution in [0.25, 0.3) is 0 Å². The van der Waals surface area contributed by atoms with E-state index < -0.39 is 20.8 Å². The van der Waals surface area contributed by atoms with Crippen LogP contribution in [0.4, 0.5) is 0 Å². The maximum Gasteiger partial charge on any atom is 1.00 e. The molecule has 0 spiro atoms. The Balaban J connectivity index is 0. The minimum absolute atomic E-state index is 0. The van der Waals surface area contributed by atoms with Crippen LogP contribution < -0.4 is 29.6 Å². The summed E-state index contributed by atoms with van der Waals surface area (Å²) in [5.74, 6) is -1.13. The molecule has 5 nitrogen and oxygen atoms in total. The van der Waals surface area contributed by atoms with Gasteiger partial charge in [0, 0.05) is 0 Å². The molecule has 0 amide bonds. The molecule has 0 unspecified atom stereocenters. The molecule has 13 heavy (non-hydrogen) atoms. The smallest absolute Gasteiger partial charge is 0.747 e. The van der Waals surface area contributed by atoms with Crippen LogP contribution in [0.1, 0.15) is 13.8 Å². The second-order valence-corrected chi connectivity index (χ2v) is 4.47. The van der Waals surface area contributed by atoms with E-state index in [4.69, 9.17) is 0 Å². The zero-order valence-corrected chi connectivity index (χ0v) is 10.6. The van der Waals surface area contributed by atoms with Gasteiger partial charge >= 0.3 is 35.5 Å². The quantitative estimate of drug-likeness (QED) is 0.217. The van der Waals surface area contributed by atoms with E-state index in [-0.39, 0.29) is 29.6 Å². The van der Waals surface area contributed by atoms with Crippen LogP contribution in [0.3, 0.4) is 0 Å². The van der Waals surface area contributed by atoms with E-state index in [0.717, 1.165) is 20.1 Å². The summed E-state index contributed by atoms with van der Waals surface area (Å²) in [6.07, 6.45) is 0.773. The van der Waals surface area contributed by atoms with E-state index in [1.54, 1.807) is 0 Å². The van der Waals surface area contributed by atoms with E-state index in [0.29, 0.717) is 0 Å². The summed E-state index contributed by atoms with van der Waals surface area (Å²) >= 11 is 0. The van der Waals surface area contributed by atoms with Crippen LogP contribution in [0, 0.1) is 0 Å². The van der Waals surface area contributed by atoms with Gasteiger partial charge < -0.3 is 9.29 Å². The van der Waals surface area contributed by atoms with Crippen molar-refractivity contribution in [1.29, 1.82) is 0 Å². The number of carbonyl (C=O) groups excluding carboxylic acids is 1. The monoisotopic (exact) mass is 216 g/mol. The largest absolute Gasteiger partial charge is 1.00 e. The first-order valence-corrected chi connectivity index (χ1v) is 4.41. The van der Waals surface area contributed by atoms with Gasteiger partial charge in [-0.2, -0.15) is 0 Å². The molecule has 0 bridgehead atoms. The zero-order chi connectivity index (χ0) is 9.99. The maximum absolute atomic E-state index is 10.8. The first-order chi connectivity index (χ1) is 5.23. The Hall–Kier alpha value is 0.120. The van der Waals surface area contributed by atoms with E-state index in [2.05, 4.69) is 11.3 Å². The molecule has 0 aliphatic carbocycles. The van der Waals surface area contributed by atoms with Gasteiger partial charge in [-0.3, -0.25) is 4.79 Å². The number of hydrogen-bond acceptors (Lipinski definition) is 5. The number of carbonyl (C=O) groups is 1. The topological polar surface area (TPSA) is 83.5 Å². The summed E-state index contributed by atoms with van der Waals surface area (Å²) in [5.41, 5.74) is 0. The molecule has 0 aliphatic rings. The SMILES string of the molecule is C=COC(=O)C(C)(C)S(=O)(=O)[O-].[Na+]. The van der Waals surface area contributed by atoms with Crippen molar-refractivity contribution in [2.24, 2.45) is 0 Å². The average molecular weight is 216 g/mol. The zero-order valence-electron chi connectivity index (χ0n) is 7.73. The summed E-state index contributed by atoms with van der Waals surface area (Å²) in [4.78, 5) is 10.8. The van der Waals surface area contributed by atoms with Crippen LogP contribution >= 0.6 is 0 Å². The standard InChI is InChI=1S/C6H10O5S.Na/c1-4-11-5(7)6(2,3)12(8,9)10;/h4H,1H2,2-3H3,(H,8,9,10);/q;+1/p-1. The van der Waals surface area contributed by atoms with Crippen molar-refractivity contribution < 1.29 is 52.1 Å². The van der Waals surface area contributed by atoms with Crippen molar-refractivity contribution in [2.45, 2.75) is 18.6 Å². The fraction of sp³-hybridized carbons (Fsp3) is 0.500. The van der Waals surface area contributed by atoms with Crippen LogP contribution in [0.15, 0.2) is 12.8 Å². The molecule has 0 radical (unpaired) electrons. The van der Waals surface area contributed by atoms with Crippen molar-refractivity contribution in [3.05, 3.63) is 12.8 Å². The van der Waals surface area contributed by atoms with Crippen LogP contribution in [-0.2, 0) is 19.6 Å². The predicted molar refractivity (Wildman–Crippen MR) is 40.1 cm³/mol. The van der Waals surface area contributed by atoms with Gasteiger partial charge in [0.2, 0.25) is 0 Å². The maximum atomic E-state index is 10.8. The Labute approximate surface area is 99.2 Å². The third-order valence-corrected chi connectivity index (χ3v) is 2.72. The van der Waals surface area contributed by atoms with Crippen molar-refractivity contribution >= 4 is 16.1 Å². The van der Waals surface area contributed by atoms with Crippen molar-refractivity contribution in [1.82, 2.24) is 0 Å². The summed E-state index contributed by atoms with van der Waals surface area (Å²) < 4.78 is 33.5. The molecule has 0 heterocycles. The van der Waals surface area contributed by atoms with Crippen molar-refractivity contribution in [3.63, 3.8) is 0 Å². The Morgan fingerprint density at radius 1 is 1.54 bits per heavy atom. The minimum atomic E-state index is -4.70. The molecule has 0 saturated carbocycles. The number of esters is 1. The van der Waals surface area contributed by atoms with Gasteiger partial charge in [-0.25, -0.2) is 8.42 Å². The summed E-state index contributed by atoms with van der Waals surface area (Å²) in [6.45, 7) is 5.00. The Morgan fingerprint density at radius 2 is 1.92 bits per heavy atom. The van der Waals surface area contributed by atoms with Crippen LogP contribution in [-0.4, -0.2) is 23.7 Å². The number of ether oxygens (including phenoxy) is 1. The van der Waals surface area contributed by atoms with E-state index in [1.807, 2.05) is 0 Å². The van der Waals surface area contributed by atoms with E-state index in [9.17, 15) is 17.8 Å². The first kappa shape index (κ1) is 15.6. The summed E-state index contributed by atoms with van der Waals surface area (Å²) in [7, 11) is -4.70. The van der Waals surface area contributed by atoms with Crippen molar-refractivity contribution in [2.75, 3.05) is 0 Å². The van der Waals surface area contributed by atoms with Crippen LogP contribution in [0.2, 0.25) is 0 Å². The molecule has 0 atom stereocenters. The van der Waals surface area contributed by atoms with Gasteiger partial charge in [0.05, 0.1) is 6.26 Å². The van der Waals surface area contributed by atoms with Gasteiger partial charge in [0.25, 0.3) is 0 Å². The van der Waals surface area contributed by atoms with Gasteiger partial charge in [-0.15, -0.1) is 0 Å². The fourth-order valence-electron chi connectivity index (χ4n) is 0.320. The summed E-state index contributed by atoms with van der Waals surface area (Å²) in [5, 5.41) is 0. The van der Waals surface area contributed by atoms with Crippen LogP contribution in [0.5, 0.6) is 0 Å². The van der Waals surface area contributed by atoms with E-state index >= 15 is 0 Å². The Bertz CT molecular complexity index is 292. The molecule has 0 aromatic carbocycles. The van der Waals surface area contributed by atoms with Gasteiger partial charge in [-0.05, 0) is 13.8 Å². The summed E-state index contributed by atoms with van der Waals surface area (Å²) in [6, 6.07) is 0. The molecule has 0 saturated heterocycles. The first-order valence-electron chi connectivity index (χ1n) is 3.01. The average Bonchev–Trinajstić information content (AvgIpc) is 1.85. The molecule has 70 valence electrons. The second kappa shape index (κ2) is 5.11. The third kappa shape index (κ3) is 3.78. The third-order valence-electron chi connectivity index (χ3n) is 1.31. The molecule has 0 aromatic rings. The normalized spacial score (nSPS) is 11.3. The molecule has 0 rings (SSSR count).